The third-order valence-electron chi connectivity index (χ3n) is 7.28. The maximum Gasteiger partial charge on any atom is 0.341 e. The van der Waals surface area contributed by atoms with Gasteiger partial charge in [-0.2, -0.15) is 5.10 Å². The molecular formula is C32H31N5O3. The van der Waals surface area contributed by atoms with Gasteiger partial charge < -0.3 is 9.47 Å². The van der Waals surface area contributed by atoms with Crippen LogP contribution < -0.4 is 4.74 Å². The Morgan fingerprint density at radius 2 is 1.77 bits per heavy atom. The molecule has 6 rings (SSSR count). The van der Waals surface area contributed by atoms with Crippen molar-refractivity contribution in [1.82, 2.24) is 24.8 Å². The Hall–Kier alpha value is -4.72. The molecule has 5 aromatic rings. The van der Waals surface area contributed by atoms with Crippen LogP contribution in [0.15, 0.2) is 91.3 Å². The lowest BCUT2D eigenvalue weighted by atomic mass is 10.0. The Balaban J connectivity index is 1.31. The molecule has 0 spiro atoms. The van der Waals surface area contributed by atoms with Crippen molar-refractivity contribution in [1.29, 1.82) is 0 Å². The van der Waals surface area contributed by atoms with Crippen LogP contribution in [-0.4, -0.2) is 37.4 Å². The second kappa shape index (κ2) is 10.8. The molecule has 1 aliphatic carbocycles. The SMILES string of the molecule is CCOC(=O)c1cnn(-c2cccc(-c3cccc(OC(C)c4ccccc4)c3)c2)c1C1CC1c1cn(C)nn1. The van der Waals surface area contributed by atoms with E-state index in [0.29, 0.717) is 12.2 Å². The van der Waals surface area contributed by atoms with E-state index in [-0.39, 0.29) is 23.9 Å². The van der Waals surface area contributed by atoms with Crippen molar-refractivity contribution < 1.29 is 14.3 Å². The first-order valence-corrected chi connectivity index (χ1v) is 13.6. The minimum Gasteiger partial charge on any atom is -0.486 e. The number of benzene rings is 3. The van der Waals surface area contributed by atoms with Crippen LogP contribution in [0, 0.1) is 0 Å². The molecule has 202 valence electrons. The highest BCUT2D eigenvalue weighted by atomic mass is 16.5. The van der Waals surface area contributed by atoms with Gasteiger partial charge in [-0.05, 0) is 61.2 Å². The summed E-state index contributed by atoms with van der Waals surface area (Å²) in [5, 5.41) is 13.1. The summed E-state index contributed by atoms with van der Waals surface area (Å²) in [7, 11) is 1.86. The number of nitrogens with zero attached hydrogens (tertiary/aromatic N) is 5. The van der Waals surface area contributed by atoms with Crippen molar-refractivity contribution in [2.24, 2.45) is 7.05 Å². The van der Waals surface area contributed by atoms with E-state index in [1.54, 1.807) is 10.9 Å². The van der Waals surface area contributed by atoms with Gasteiger partial charge >= 0.3 is 5.97 Å². The molecule has 1 fully saturated rings. The summed E-state index contributed by atoms with van der Waals surface area (Å²) in [6, 6.07) is 26.4. The highest BCUT2D eigenvalue weighted by molar-refractivity contribution is 5.91. The highest BCUT2D eigenvalue weighted by Gasteiger charge is 2.46. The molecule has 0 amide bonds. The number of carbonyl (C=O) groups is 1. The fourth-order valence-electron chi connectivity index (χ4n) is 5.21. The largest absolute Gasteiger partial charge is 0.486 e. The highest BCUT2D eigenvalue weighted by Crippen LogP contribution is 2.55. The molecular weight excluding hydrogens is 502 g/mol. The average Bonchev–Trinajstić information content (AvgIpc) is 3.43. The van der Waals surface area contributed by atoms with E-state index in [2.05, 4.69) is 58.7 Å². The number of aromatic nitrogens is 5. The van der Waals surface area contributed by atoms with Crippen LogP contribution in [0.3, 0.4) is 0 Å². The zero-order valence-corrected chi connectivity index (χ0v) is 22.8. The fraction of sp³-hybridized carbons (Fsp3) is 0.250. The lowest BCUT2D eigenvalue weighted by Gasteiger charge is -2.16. The monoisotopic (exact) mass is 533 g/mol. The van der Waals surface area contributed by atoms with Gasteiger partial charge in [0.15, 0.2) is 0 Å². The minimum absolute atomic E-state index is 0.0727. The molecule has 1 saturated carbocycles. The predicted octanol–water partition coefficient (Wildman–Crippen LogP) is 6.26. The van der Waals surface area contributed by atoms with Crippen molar-refractivity contribution in [2.75, 3.05) is 6.61 Å². The lowest BCUT2D eigenvalue weighted by Crippen LogP contribution is -2.09. The summed E-state index contributed by atoms with van der Waals surface area (Å²) in [6.45, 7) is 4.16. The van der Waals surface area contributed by atoms with Crippen LogP contribution >= 0.6 is 0 Å². The quantitative estimate of drug-likeness (QED) is 0.208. The van der Waals surface area contributed by atoms with E-state index < -0.39 is 0 Å². The molecule has 8 heteroatoms. The number of hydrogen-bond donors (Lipinski definition) is 0. The van der Waals surface area contributed by atoms with Crippen molar-refractivity contribution >= 4 is 5.97 Å². The summed E-state index contributed by atoms with van der Waals surface area (Å²) in [6.07, 6.45) is 4.35. The van der Waals surface area contributed by atoms with Gasteiger partial charge in [0.1, 0.15) is 17.4 Å². The summed E-state index contributed by atoms with van der Waals surface area (Å²) in [5.41, 5.74) is 6.31. The summed E-state index contributed by atoms with van der Waals surface area (Å²) in [4.78, 5) is 12.9. The van der Waals surface area contributed by atoms with E-state index in [4.69, 9.17) is 9.47 Å². The van der Waals surface area contributed by atoms with Crippen molar-refractivity contribution in [3.8, 4) is 22.6 Å². The molecule has 2 heterocycles. The number of rotatable bonds is 9. The maximum atomic E-state index is 12.9. The summed E-state index contributed by atoms with van der Waals surface area (Å²) < 4.78 is 15.2. The summed E-state index contributed by atoms with van der Waals surface area (Å²) >= 11 is 0. The third kappa shape index (κ3) is 5.12. The van der Waals surface area contributed by atoms with Gasteiger partial charge in [0.05, 0.1) is 29.9 Å². The molecule has 3 atom stereocenters. The Morgan fingerprint density at radius 3 is 2.52 bits per heavy atom. The number of ether oxygens (including phenoxy) is 2. The molecule has 0 radical (unpaired) electrons. The number of esters is 1. The Bertz CT molecular complexity index is 1640. The summed E-state index contributed by atoms with van der Waals surface area (Å²) in [5.74, 6) is 0.718. The molecule has 1 aliphatic rings. The number of carbonyl (C=O) groups excluding carboxylic acids is 1. The number of aryl methyl sites for hydroxylation is 1. The predicted molar refractivity (Wildman–Crippen MR) is 152 cm³/mol. The molecule has 0 saturated heterocycles. The molecule has 0 aliphatic heterocycles. The smallest absolute Gasteiger partial charge is 0.341 e. The first-order chi connectivity index (χ1) is 19.5. The minimum atomic E-state index is -0.359. The van der Waals surface area contributed by atoms with E-state index >= 15 is 0 Å². The van der Waals surface area contributed by atoms with Gasteiger partial charge in [-0.1, -0.05) is 59.8 Å². The van der Waals surface area contributed by atoms with Gasteiger partial charge in [0, 0.05) is 25.1 Å². The van der Waals surface area contributed by atoms with E-state index in [9.17, 15) is 4.79 Å². The van der Waals surface area contributed by atoms with Gasteiger partial charge in [-0.25, -0.2) is 9.48 Å². The standard InChI is InChI=1S/C32H31N5O3/c1-4-39-32(38)29-19-33-37(31(29)28-18-27(28)30-20-36(3)35-34-30)25-14-8-12-23(16-25)24-13-9-15-26(17-24)40-21(2)22-10-6-5-7-11-22/h5-17,19-21,27-28H,4,18H2,1-3H3. The fourth-order valence-corrected chi connectivity index (χ4v) is 5.21. The number of hydrogen-bond acceptors (Lipinski definition) is 6. The van der Waals surface area contributed by atoms with Crippen LogP contribution in [0.1, 0.15) is 65.5 Å². The molecule has 2 aromatic heterocycles. The van der Waals surface area contributed by atoms with Crippen molar-refractivity contribution in [3.63, 3.8) is 0 Å². The van der Waals surface area contributed by atoms with Crippen LogP contribution in [0.25, 0.3) is 16.8 Å². The Labute approximate surface area is 233 Å². The molecule has 3 aromatic carbocycles. The molecule has 40 heavy (non-hydrogen) atoms. The Morgan fingerprint density at radius 1 is 1.00 bits per heavy atom. The van der Waals surface area contributed by atoms with Crippen LogP contribution in [-0.2, 0) is 11.8 Å². The topological polar surface area (TPSA) is 84.1 Å². The molecule has 0 N–H and O–H groups in total. The second-order valence-corrected chi connectivity index (χ2v) is 10.1. The van der Waals surface area contributed by atoms with Crippen molar-refractivity contribution in [3.05, 3.63) is 114 Å². The van der Waals surface area contributed by atoms with E-state index in [0.717, 1.165) is 45.9 Å². The van der Waals surface area contributed by atoms with Gasteiger partial charge in [0.2, 0.25) is 0 Å². The van der Waals surface area contributed by atoms with Gasteiger partial charge in [-0.3, -0.25) is 4.68 Å². The Kier molecular flexibility index (Phi) is 6.90. The van der Waals surface area contributed by atoms with Crippen LogP contribution in [0.4, 0.5) is 0 Å². The van der Waals surface area contributed by atoms with Crippen LogP contribution in [0.2, 0.25) is 0 Å². The van der Waals surface area contributed by atoms with Gasteiger partial charge in [-0.15, -0.1) is 5.10 Å². The second-order valence-electron chi connectivity index (χ2n) is 10.1. The molecule has 8 nitrogen and oxygen atoms in total. The first-order valence-electron chi connectivity index (χ1n) is 13.6. The van der Waals surface area contributed by atoms with E-state index in [1.165, 1.54) is 0 Å². The molecule has 0 bridgehead atoms. The van der Waals surface area contributed by atoms with Crippen LogP contribution in [0.5, 0.6) is 5.75 Å². The maximum absolute atomic E-state index is 12.9. The first kappa shape index (κ1) is 25.6. The van der Waals surface area contributed by atoms with Gasteiger partial charge in [0.25, 0.3) is 0 Å². The lowest BCUT2D eigenvalue weighted by molar-refractivity contribution is 0.0525. The third-order valence-corrected chi connectivity index (χ3v) is 7.28. The van der Waals surface area contributed by atoms with E-state index in [1.807, 2.05) is 67.3 Å². The van der Waals surface area contributed by atoms with Crippen molar-refractivity contribution in [2.45, 2.75) is 38.2 Å². The zero-order valence-electron chi connectivity index (χ0n) is 22.8. The average molecular weight is 534 g/mol. The molecule has 3 unspecified atom stereocenters. The normalized spacial score (nSPS) is 16.9. The zero-order chi connectivity index (χ0) is 27.6.